The van der Waals surface area contributed by atoms with Crippen LogP contribution in [0.25, 0.3) is 0 Å². The third-order valence-electron chi connectivity index (χ3n) is 3.82. The molecule has 4 N–H and O–H groups in total. The first-order valence-corrected chi connectivity index (χ1v) is 6.71. The minimum Gasteiger partial charge on any atom is -0.399 e. The van der Waals surface area contributed by atoms with Crippen LogP contribution in [0.15, 0.2) is 24.3 Å². The Balaban J connectivity index is 2.09. The van der Waals surface area contributed by atoms with Gasteiger partial charge in [0.05, 0.1) is 6.54 Å². The summed E-state index contributed by atoms with van der Waals surface area (Å²) in [7, 11) is 0. The maximum Gasteiger partial charge on any atom is 0.237 e. The highest BCUT2D eigenvalue weighted by Gasteiger charge is 2.52. The Kier molecular flexibility index (Phi) is 3.70. The summed E-state index contributed by atoms with van der Waals surface area (Å²) < 4.78 is 0. The van der Waals surface area contributed by atoms with Crippen molar-refractivity contribution in [3.8, 4) is 0 Å². The van der Waals surface area contributed by atoms with Gasteiger partial charge in [-0.2, -0.15) is 0 Å². The maximum absolute atomic E-state index is 12.4. The zero-order valence-corrected chi connectivity index (χ0v) is 11.9. The number of carbonyl (C=O) groups excluding carboxylic acids is 2. The number of carbonyl (C=O) groups is 2. The van der Waals surface area contributed by atoms with E-state index in [9.17, 15) is 9.59 Å². The highest BCUT2D eigenvalue weighted by Crippen LogP contribution is 2.52. The van der Waals surface area contributed by atoms with E-state index in [4.69, 9.17) is 11.5 Å². The van der Waals surface area contributed by atoms with E-state index in [1.807, 2.05) is 12.1 Å². The van der Waals surface area contributed by atoms with Crippen LogP contribution in [0.3, 0.4) is 0 Å². The molecule has 20 heavy (non-hydrogen) atoms. The summed E-state index contributed by atoms with van der Waals surface area (Å²) in [5, 5.41) is 0. The molecular formula is C15H21N3O2. The molecule has 1 aromatic carbocycles. The highest BCUT2D eigenvalue weighted by atomic mass is 16.2. The molecule has 108 valence electrons. The van der Waals surface area contributed by atoms with Gasteiger partial charge in [-0.25, -0.2) is 0 Å². The van der Waals surface area contributed by atoms with Crippen LogP contribution in [0.2, 0.25) is 0 Å². The molecule has 2 rings (SSSR count). The highest BCUT2D eigenvalue weighted by molar-refractivity contribution is 5.87. The number of hydrogen-bond donors (Lipinski definition) is 2. The van der Waals surface area contributed by atoms with Gasteiger partial charge in [-0.05, 0) is 29.5 Å². The van der Waals surface area contributed by atoms with Crippen molar-refractivity contribution >= 4 is 17.5 Å². The number of anilines is 1. The van der Waals surface area contributed by atoms with Crippen LogP contribution in [0.5, 0.6) is 0 Å². The van der Waals surface area contributed by atoms with Crippen LogP contribution in [-0.4, -0.2) is 23.3 Å². The van der Waals surface area contributed by atoms with Crippen molar-refractivity contribution in [3.63, 3.8) is 0 Å². The molecule has 1 unspecified atom stereocenters. The van der Waals surface area contributed by atoms with Crippen LogP contribution in [0.1, 0.15) is 25.8 Å². The molecule has 5 nitrogen and oxygen atoms in total. The fourth-order valence-corrected chi connectivity index (χ4v) is 2.35. The predicted molar refractivity (Wildman–Crippen MR) is 77.4 cm³/mol. The normalized spacial score (nSPS) is 19.4. The summed E-state index contributed by atoms with van der Waals surface area (Å²) in [4.78, 5) is 25.1. The smallest absolute Gasteiger partial charge is 0.237 e. The second-order valence-corrected chi connectivity index (χ2v) is 6.15. The number of amides is 2. The van der Waals surface area contributed by atoms with E-state index in [2.05, 4.69) is 13.8 Å². The van der Waals surface area contributed by atoms with Crippen LogP contribution < -0.4 is 11.5 Å². The van der Waals surface area contributed by atoms with E-state index < -0.39 is 5.91 Å². The van der Waals surface area contributed by atoms with E-state index in [-0.39, 0.29) is 23.8 Å². The average molecular weight is 275 g/mol. The average Bonchev–Trinajstić information content (AvgIpc) is 2.99. The standard InChI is InChI=1S/C15H21N3O2/c1-15(2)7-12(15)14(20)18(9-13(17)19)8-10-3-5-11(16)6-4-10/h3-6,12H,7-9,16H2,1-2H3,(H2,17,19). The Morgan fingerprint density at radius 1 is 1.30 bits per heavy atom. The van der Waals surface area contributed by atoms with E-state index in [0.717, 1.165) is 12.0 Å². The molecule has 0 aromatic heterocycles. The molecular weight excluding hydrogens is 254 g/mol. The maximum atomic E-state index is 12.4. The fraction of sp³-hybridized carbons (Fsp3) is 0.467. The van der Waals surface area contributed by atoms with Gasteiger partial charge in [0.15, 0.2) is 0 Å². The largest absolute Gasteiger partial charge is 0.399 e. The SMILES string of the molecule is CC1(C)CC1C(=O)N(CC(N)=O)Cc1ccc(N)cc1. The van der Waals surface area contributed by atoms with E-state index in [0.29, 0.717) is 12.2 Å². The second-order valence-electron chi connectivity index (χ2n) is 6.15. The van der Waals surface area contributed by atoms with Gasteiger partial charge >= 0.3 is 0 Å². The van der Waals surface area contributed by atoms with Gasteiger partial charge in [0.1, 0.15) is 0 Å². The molecule has 1 aliphatic rings. The van der Waals surface area contributed by atoms with Crippen LogP contribution in [0.4, 0.5) is 5.69 Å². The number of primary amides is 1. The zero-order chi connectivity index (χ0) is 14.9. The summed E-state index contributed by atoms with van der Waals surface area (Å²) >= 11 is 0. The minimum atomic E-state index is -0.493. The van der Waals surface area contributed by atoms with Gasteiger partial charge in [0.25, 0.3) is 0 Å². The van der Waals surface area contributed by atoms with E-state index in [1.54, 1.807) is 12.1 Å². The number of rotatable bonds is 5. The van der Waals surface area contributed by atoms with Crippen molar-refractivity contribution < 1.29 is 9.59 Å². The van der Waals surface area contributed by atoms with Crippen molar-refractivity contribution in [1.82, 2.24) is 4.90 Å². The number of nitrogens with zero attached hydrogens (tertiary/aromatic N) is 1. The first-order chi connectivity index (χ1) is 9.29. The lowest BCUT2D eigenvalue weighted by molar-refractivity contribution is -0.137. The molecule has 0 spiro atoms. The van der Waals surface area contributed by atoms with Gasteiger partial charge < -0.3 is 16.4 Å². The second kappa shape index (κ2) is 5.15. The molecule has 1 saturated carbocycles. The molecule has 1 fully saturated rings. The Bertz CT molecular complexity index is 522. The van der Waals surface area contributed by atoms with Gasteiger partial charge in [0, 0.05) is 18.2 Å². The monoisotopic (exact) mass is 275 g/mol. The summed E-state index contributed by atoms with van der Waals surface area (Å²) in [5.41, 5.74) is 12.5. The van der Waals surface area contributed by atoms with Crippen molar-refractivity contribution in [2.45, 2.75) is 26.8 Å². The fourth-order valence-electron chi connectivity index (χ4n) is 2.35. The molecule has 0 bridgehead atoms. The number of benzene rings is 1. The lowest BCUT2D eigenvalue weighted by Crippen LogP contribution is -2.39. The topological polar surface area (TPSA) is 89.4 Å². The number of nitrogens with two attached hydrogens (primary N) is 2. The Hall–Kier alpha value is -2.04. The third kappa shape index (κ3) is 3.29. The third-order valence-corrected chi connectivity index (χ3v) is 3.82. The summed E-state index contributed by atoms with van der Waals surface area (Å²) in [5.74, 6) is -0.492. The van der Waals surface area contributed by atoms with Crippen LogP contribution >= 0.6 is 0 Å². The molecule has 1 aliphatic carbocycles. The lowest BCUT2D eigenvalue weighted by Gasteiger charge is -2.22. The molecule has 5 heteroatoms. The summed E-state index contributed by atoms with van der Waals surface area (Å²) in [6, 6.07) is 7.27. The van der Waals surface area contributed by atoms with Gasteiger partial charge in [-0.3, -0.25) is 9.59 Å². The first kappa shape index (κ1) is 14.4. The molecule has 0 radical (unpaired) electrons. The van der Waals surface area contributed by atoms with Crippen molar-refractivity contribution in [1.29, 1.82) is 0 Å². The zero-order valence-electron chi connectivity index (χ0n) is 11.9. The van der Waals surface area contributed by atoms with Crippen LogP contribution in [-0.2, 0) is 16.1 Å². The van der Waals surface area contributed by atoms with Crippen molar-refractivity contribution in [2.75, 3.05) is 12.3 Å². The molecule has 0 aliphatic heterocycles. The molecule has 2 amide bonds. The van der Waals surface area contributed by atoms with Gasteiger partial charge in [0.2, 0.25) is 11.8 Å². The van der Waals surface area contributed by atoms with Gasteiger partial charge in [-0.15, -0.1) is 0 Å². The first-order valence-electron chi connectivity index (χ1n) is 6.71. The number of nitrogen functional groups attached to an aromatic ring is 1. The Morgan fingerprint density at radius 2 is 1.85 bits per heavy atom. The quantitative estimate of drug-likeness (QED) is 0.789. The Morgan fingerprint density at radius 3 is 2.30 bits per heavy atom. The molecule has 0 saturated heterocycles. The van der Waals surface area contributed by atoms with Gasteiger partial charge in [-0.1, -0.05) is 26.0 Å². The van der Waals surface area contributed by atoms with Crippen molar-refractivity contribution in [2.24, 2.45) is 17.1 Å². The predicted octanol–water partition coefficient (Wildman–Crippen LogP) is 1.13. The summed E-state index contributed by atoms with van der Waals surface area (Å²) in [6.45, 7) is 4.45. The summed E-state index contributed by atoms with van der Waals surface area (Å²) in [6.07, 6.45) is 0.864. The molecule has 1 aromatic rings. The molecule has 1 atom stereocenters. The van der Waals surface area contributed by atoms with Crippen molar-refractivity contribution in [3.05, 3.63) is 29.8 Å². The Labute approximate surface area is 118 Å². The number of hydrogen-bond acceptors (Lipinski definition) is 3. The van der Waals surface area contributed by atoms with E-state index >= 15 is 0 Å². The van der Waals surface area contributed by atoms with Crippen LogP contribution in [0, 0.1) is 11.3 Å². The van der Waals surface area contributed by atoms with E-state index in [1.165, 1.54) is 4.90 Å². The molecule has 0 heterocycles. The lowest BCUT2D eigenvalue weighted by atomic mass is 10.1. The minimum absolute atomic E-state index is 0.00404.